The van der Waals surface area contributed by atoms with E-state index >= 15 is 0 Å². The first-order valence-electron chi connectivity index (χ1n) is 9.47. The molecule has 0 bridgehead atoms. The number of anilines is 1. The lowest BCUT2D eigenvalue weighted by Gasteiger charge is -2.15. The number of para-hydroxylation sites is 2. The number of hydrogen-bond donors (Lipinski definition) is 0. The number of hydrogen-bond acceptors (Lipinski definition) is 3. The van der Waals surface area contributed by atoms with Crippen molar-refractivity contribution in [1.82, 2.24) is 4.57 Å². The van der Waals surface area contributed by atoms with Crippen LogP contribution in [0.4, 0.5) is 10.5 Å². The fourth-order valence-electron chi connectivity index (χ4n) is 3.84. The number of amides is 2. The third-order valence-electron chi connectivity index (χ3n) is 5.23. The number of nitrogens with zero attached hydrogens (tertiary/aromatic N) is 2. The van der Waals surface area contributed by atoms with E-state index in [2.05, 4.69) is 49.6 Å². The number of benzene rings is 2. The second-order valence-corrected chi connectivity index (χ2v) is 8.25. The lowest BCUT2D eigenvalue weighted by molar-refractivity contribution is -0.113. The molecule has 29 heavy (non-hydrogen) atoms. The molecule has 1 fully saturated rings. The van der Waals surface area contributed by atoms with Gasteiger partial charge in [-0.25, -0.2) is 4.90 Å². The van der Waals surface area contributed by atoms with Crippen LogP contribution in [0.3, 0.4) is 0 Å². The normalized spacial score (nSPS) is 15.6. The Morgan fingerprint density at radius 3 is 2.17 bits per heavy atom. The molecule has 1 aliphatic heterocycles. The molecular formula is C24H22N2O2S. The van der Waals surface area contributed by atoms with E-state index in [4.69, 9.17) is 0 Å². The third kappa shape index (κ3) is 3.32. The van der Waals surface area contributed by atoms with E-state index in [9.17, 15) is 9.59 Å². The van der Waals surface area contributed by atoms with Gasteiger partial charge in [-0.15, -0.1) is 0 Å². The minimum absolute atomic E-state index is 0.268. The second-order valence-electron chi connectivity index (χ2n) is 7.25. The predicted molar refractivity (Wildman–Crippen MR) is 120 cm³/mol. The zero-order valence-corrected chi connectivity index (χ0v) is 17.7. The SMILES string of the molecule is Cc1cccc(C)c1-n1c(C)cc(C=C2SC(=O)N(c3ccccc3)C2=O)c1C. The average Bonchev–Trinajstić information content (AvgIpc) is 3.12. The van der Waals surface area contributed by atoms with Gasteiger partial charge in [0.05, 0.1) is 16.3 Å². The van der Waals surface area contributed by atoms with Gasteiger partial charge in [-0.05, 0) is 80.4 Å². The summed E-state index contributed by atoms with van der Waals surface area (Å²) in [6, 6.07) is 17.4. The molecule has 2 aromatic carbocycles. The zero-order chi connectivity index (χ0) is 20.7. The first-order chi connectivity index (χ1) is 13.9. The molecule has 5 heteroatoms. The van der Waals surface area contributed by atoms with Crippen LogP contribution in [-0.2, 0) is 4.79 Å². The number of aryl methyl sites for hydroxylation is 3. The monoisotopic (exact) mass is 402 g/mol. The molecule has 2 amide bonds. The molecule has 1 saturated heterocycles. The molecular weight excluding hydrogens is 380 g/mol. The van der Waals surface area contributed by atoms with Crippen molar-refractivity contribution in [2.45, 2.75) is 27.7 Å². The van der Waals surface area contributed by atoms with Crippen LogP contribution in [0.2, 0.25) is 0 Å². The number of thioether (sulfide) groups is 1. The Balaban J connectivity index is 1.75. The Kier molecular flexibility index (Phi) is 4.92. The van der Waals surface area contributed by atoms with Gasteiger partial charge in [0.15, 0.2) is 0 Å². The van der Waals surface area contributed by atoms with Gasteiger partial charge in [0.2, 0.25) is 0 Å². The van der Waals surface area contributed by atoms with E-state index in [1.165, 1.54) is 21.7 Å². The highest BCUT2D eigenvalue weighted by atomic mass is 32.2. The number of imide groups is 1. The molecule has 4 rings (SSSR count). The molecule has 0 radical (unpaired) electrons. The average molecular weight is 403 g/mol. The molecule has 0 spiro atoms. The number of carbonyl (C=O) groups is 2. The maximum atomic E-state index is 12.9. The van der Waals surface area contributed by atoms with Gasteiger partial charge in [0, 0.05) is 11.4 Å². The van der Waals surface area contributed by atoms with E-state index in [0.29, 0.717) is 10.6 Å². The van der Waals surface area contributed by atoms with E-state index in [1.807, 2.05) is 31.2 Å². The minimum atomic E-state index is -0.275. The third-order valence-corrected chi connectivity index (χ3v) is 6.10. The lowest BCUT2D eigenvalue weighted by atomic mass is 10.1. The van der Waals surface area contributed by atoms with Crippen LogP contribution >= 0.6 is 11.8 Å². The number of aromatic nitrogens is 1. The number of carbonyl (C=O) groups excluding carboxylic acids is 2. The smallest absolute Gasteiger partial charge is 0.298 e. The second kappa shape index (κ2) is 7.41. The highest BCUT2D eigenvalue weighted by Gasteiger charge is 2.36. The van der Waals surface area contributed by atoms with Gasteiger partial charge in [-0.2, -0.15) is 0 Å². The lowest BCUT2D eigenvalue weighted by Crippen LogP contribution is -2.27. The van der Waals surface area contributed by atoms with Crippen molar-refractivity contribution < 1.29 is 9.59 Å². The van der Waals surface area contributed by atoms with Crippen LogP contribution in [0.1, 0.15) is 28.1 Å². The van der Waals surface area contributed by atoms with Gasteiger partial charge >= 0.3 is 0 Å². The van der Waals surface area contributed by atoms with Crippen molar-refractivity contribution in [1.29, 1.82) is 0 Å². The molecule has 0 aliphatic carbocycles. The Labute approximate surface area is 174 Å². The standard InChI is InChI=1S/C24H22N2O2S/c1-15-9-8-10-16(2)22(15)25-17(3)13-19(18(25)4)14-21-23(27)26(24(28)29-21)20-11-6-5-7-12-20/h5-14H,1-4H3. The zero-order valence-electron chi connectivity index (χ0n) is 16.9. The Bertz CT molecular complexity index is 1140. The van der Waals surface area contributed by atoms with Crippen molar-refractivity contribution in [3.8, 4) is 5.69 Å². The van der Waals surface area contributed by atoms with E-state index in [-0.39, 0.29) is 11.1 Å². The van der Waals surface area contributed by atoms with Gasteiger partial charge in [-0.3, -0.25) is 9.59 Å². The Hall–Kier alpha value is -3.05. The summed E-state index contributed by atoms with van der Waals surface area (Å²) < 4.78 is 2.22. The molecule has 0 N–H and O–H groups in total. The topological polar surface area (TPSA) is 42.3 Å². The summed E-state index contributed by atoms with van der Waals surface area (Å²) in [6.07, 6.45) is 1.83. The van der Waals surface area contributed by atoms with Crippen molar-refractivity contribution in [2.24, 2.45) is 0 Å². The molecule has 0 unspecified atom stereocenters. The molecule has 4 nitrogen and oxygen atoms in total. The summed E-state index contributed by atoms with van der Waals surface area (Å²) in [7, 11) is 0. The van der Waals surface area contributed by atoms with Gasteiger partial charge < -0.3 is 4.57 Å². The van der Waals surface area contributed by atoms with Crippen molar-refractivity contribution >= 4 is 34.7 Å². The molecule has 1 aliphatic rings. The number of rotatable bonds is 3. The fraction of sp³-hybridized carbons (Fsp3) is 0.167. The molecule has 2 heterocycles. The van der Waals surface area contributed by atoms with E-state index < -0.39 is 0 Å². The minimum Gasteiger partial charge on any atom is -0.317 e. The molecule has 0 saturated carbocycles. The van der Waals surface area contributed by atoms with Crippen LogP contribution < -0.4 is 4.90 Å². The van der Waals surface area contributed by atoms with E-state index in [1.54, 1.807) is 12.1 Å². The summed E-state index contributed by atoms with van der Waals surface area (Å²) in [5.74, 6) is -0.275. The quantitative estimate of drug-likeness (QED) is 0.508. The summed E-state index contributed by atoms with van der Waals surface area (Å²) in [4.78, 5) is 27.1. The Morgan fingerprint density at radius 1 is 0.862 bits per heavy atom. The summed E-state index contributed by atoms with van der Waals surface area (Å²) >= 11 is 0.987. The molecule has 1 aromatic heterocycles. The molecule has 3 aromatic rings. The van der Waals surface area contributed by atoms with Crippen LogP contribution in [0.15, 0.2) is 59.5 Å². The summed E-state index contributed by atoms with van der Waals surface area (Å²) in [5.41, 5.74) is 7.24. The highest BCUT2D eigenvalue weighted by Crippen LogP contribution is 2.36. The maximum absolute atomic E-state index is 12.9. The summed E-state index contributed by atoms with van der Waals surface area (Å²) in [6.45, 7) is 8.32. The van der Waals surface area contributed by atoms with Crippen LogP contribution in [0.25, 0.3) is 11.8 Å². The Morgan fingerprint density at radius 2 is 1.52 bits per heavy atom. The van der Waals surface area contributed by atoms with Crippen molar-refractivity contribution in [3.05, 3.63) is 87.6 Å². The van der Waals surface area contributed by atoms with Crippen molar-refractivity contribution in [3.63, 3.8) is 0 Å². The molecule has 146 valence electrons. The van der Waals surface area contributed by atoms with Crippen LogP contribution in [0, 0.1) is 27.7 Å². The van der Waals surface area contributed by atoms with Gasteiger partial charge in [-0.1, -0.05) is 36.4 Å². The van der Waals surface area contributed by atoms with Gasteiger partial charge in [0.25, 0.3) is 11.1 Å². The van der Waals surface area contributed by atoms with Crippen LogP contribution in [-0.4, -0.2) is 15.7 Å². The van der Waals surface area contributed by atoms with E-state index in [0.717, 1.165) is 28.7 Å². The van der Waals surface area contributed by atoms with Crippen LogP contribution in [0.5, 0.6) is 0 Å². The first-order valence-corrected chi connectivity index (χ1v) is 10.3. The largest absolute Gasteiger partial charge is 0.317 e. The van der Waals surface area contributed by atoms with Gasteiger partial charge in [0.1, 0.15) is 0 Å². The molecule has 0 atom stereocenters. The predicted octanol–water partition coefficient (Wildman–Crippen LogP) is 5.95. The highest BCUT2D eigenvalue weighted by molar-refractivity contribution is 8.19. The maximum Gasteiger partial charge on any atom is 0.298 e. The first kappa shape index (κ1) is 19.3. The van der Waals surface area contributed by atoms with Crippen molar-refractivity contribution in [2.75, 3.05) is 4.90 Å². The summed E-state index contributed by atoms with van der Waals surface area (Å²) in [5, 5.41) is -0.268. The fourth-order valence-corrected chi connectivity index (χ4v) is 4.68.